The number of halogens is 4. The lowest BCUT2D eigenvalue weighted by Gasteiger charge is -2.09. The molecule has 2 nitrogen and oxygen atoms in total. The van der Waals surface area contributed by atoms with Crippen LogP contribution in [0.3, 0.4) is 0 Å². The van der Waals surface area contributed by atoms with Crippen molar-refractivity contribution in [3.63, 3.8) is 0 Å². The molecule has 1 aromatic heterocycles. The van der Waals surface area contributed by atoms with E-state index < -0.39 is 11.9 Å². The molecule has 2 rings (SSSR count). The quantitative estimate of drug-likeness (QED) is 0.800. The maximum Gasteiger partial charge on any atom is 0.433 e. The largest absolute Gasteiger partial charge is 0.433 e. The fourth-order valence-corrected chi connectivity index (χ4v) is 2.27. The van der Waals surface area contributed by atoms with Gasteiger partial charge in [0.2, 0.25) is 0 Å². The second-order valence-electron chi connectivity index (χ2n) is 3.91. The summed E-state index contributed by atoms with van der Waals surface area (Å²) in [7, 11) is 0. The molecule has 1 aromatic rings. The van der Waals surface area contributed by atoms with Crippen LogP contribution in [0.25, 0.3) is 0 Å². The maximum absolute atomic E-state index is 12.4. The number of hydrogen-bond acceptors (Lipinski definition) is 2. The summed E-state index contributed by atoms with van der Waals surface area (Å²) < 4.78 is 37.1. The van der Waals surface area contributed by atoms with Gasteiger partial charge in [0.15, 0.2) is 0 Å². The molecule has 0 spiro atoms. The van der Waals surface area contributed by atoms with Gasteiger partial charge in [-0.15, -0.1) is 0 Å². The van der Waals surface area contributed by atoms with Gasteiger partial charge in [0.1, 0.15) is 11.5 Å². The number of hydrogen-bond donors (Lipinski definition) is 0. The van der Waals surface area contributed by atoms with Gasteiger partial charge < -0.3 is 0 Å². The molecule has 0 N–H and O–H groups in total. The second-order valence-corrected chi connectivity index (χ2v) is 5.09. The van der Waals surface area contributed by atoms with Gasteiger partial charge in [0.05, 0.1) is 0 Å². The fourth-order valence-electron chi connectivity index (χ4n) is 1.45. The smallest absolute Gasteiger partial charge is 0.241 e. The molecule has 1 unspecified atom stereocenters. The molecular weight excluding hydrogens is 285 g/mol. The number of rotatable bonds is 3. The standard InChI is InChI=1S/C10H10BrF3N2/c11-7(6-1-2-6)5-9-15-4-3-8(16-9)10(12,13)14/h3-4,6-7H,1-2,5H2. The Morgan fingerprint density at radius 2 is 2.12 bits per heavy atom. The highest BCUT2D eigenvalue weighted by Gasteiger charge is 2.34. The normalized spacial score (nSPS) is 18.5. The lowest BCUT2D eigenvalue weighted by Crippen LogP contribution is -2.13. The monoisotopic (exact) mass is 294 g/mol. The lowest BCUT2D eigenvalue weighted by molar-refractivity contribution is -0.141. The average Bonchev–Trinajstić information content (AvgIpc) is 2.99. The molecule has 0 aliphatic heterocycles. The molecule has 0 aromatic carbocycles. The highest BCUT2D eigenvalue weighted by Crippen LogP contribution is 2.38. The topological polar surface area (TPSA) is 25.8 Å². The van der Waals surface area contributed by atoms with Crippen molar-refractivity contribution < 1.29 is 13.2 Å². The Kier molecular flexibility index (Phi) is 3.19. The van der Waals surface area contributed by atoms with Gasteiger partial charge in [-0.25, -0.2) is 9.97 Å². The van der Waals surface area contributed by atoms with Crippen LogP contribution >= 0.6 is 15.9 Å². The second kappa shape index (κ2) is 4.31. The predicted octanol–water partition coefficient (Wildman–Crippen LogP) is 3.21. The highest BCUT2D eigenvalue weighted by molar-refractivity contribution is 9.09. The average molecular weight is 295 g/mol. The van der Waals surface area contributed by atoms with E-state index in [1.807, 2.05) is 0 Å². The van der Waals surface area contributed by atoms with Crippen molar-refractivity contribution >= 4 is 15.9 Å². The van der Waals surface area contributed by atoms with Crippen LogP contribution in [-0.2, 0) is 12.6 Å². The number of aromatic nitrogens is 2. The van der Waals surface area contributed by atoms with Gasteiger partial charge in [-0.1, -0.05) is 15.9 Å². The first-order chi connectivity index (χ1) is 7.47. The SMILES string of the molecule is FC(F)(F)c1ccnc(CC(Br)C2CC2)n1. The van der Waals surface area contributed by atoms with Gasteiger partial charge in [0.25, 0.3) is 0 Å². The minimum absolute atomic E-state index is 0.191. The Labute approximate surface area is 99.4 Å². The molecule has 88 valence electrons. The summed E-state index contributed by atoms with van der Waals surface area (Å²) in [5, 5.41) is 0. The molecule has 0 amide bonds. The molecule has 1 aliphatic carbocycles. The van der Waals surface area contributed by atoms with E-state index in [2.05, 4.69) is 25.9 Å². The third kappa shape index (κ3) is 2.93. The summed E-state index contributed by atoms with van der Waals surface area (Å²) in [4.78, 5) is 7.58. The molecular formula is C10H10BrF3N2. The van der Waals surface area contributed by atoms with E-state index >= 15 is 0 Å². The Morgan fingerprint density at radius 1 is 1.44 bits per heavy atom. The first-order valence-corrected chi connectivity index (χ1v) is 5.91. The van der Waals surface area contributed by atoms with Crippen molar-refractivity contribution in [3.05, 3.63) is 23.8 Å². The van der Waals surface area contributed by atoms with E-state index in [9.17, 15) is 13.2 Å². The van der Waals surface area contributed by atoms with Crippen LogP contribution in [0, 0.1) is 5.92 Å². The Bertz CT molecular complexity index is 377. The van der Waals surface area contributed by atoms with E-state index in [0.29, 0.717) is 12.3 Å². The summed E-state index contributed by atoms with van der Waals surface area (Å²) in [6, 6.07) is 0.893. The van der Waals surface area contributed by atoms with Crippen molar-refractivity contribution in [2.75, 3.05) is 0 Å². The minimum Gasteiger partial charge on any atom is -0.241 e. The third-order valence-corrected chi connectivity index (χ3v) is 3.58. The van der Waals surface area contributed by atoms with E-state index in [1.165, 1.54) is 0 Å². The van der Waals surface area contributed by atoms with Crippen LogP contribution in [0.5, 0.6) is 0 Å². The predicted molar refractivity (Wildman–Crippen MR) is 56.2 cm³/mol. The summed E-state index contributed by atoms with van der Waals surface area (Å²) >= 11 is 3.46. The van der Waals surface area contributed by atoms with Crippen molar-refractivity contribution in [1.29, 1.82) is 0 Å². The van der Waals surface area contributed by atoms with Crippen LogP contribution in [0.1, 0.15) is 24.4 Å². The van der Waals surface area contributed by atoms with Crippen molar-refractivity contribution in [1.82, 2.24) is 9.97 Å². The molecule has 6 heteroatoms. The van der Waals surface area contributed by atoms with E-state index in [1.54, 1.807) is 0 Å². The zero-order valence-electron chi connectivity index (χ0n) is 8.34. The zero-order chi connectivity index (χ0) is 11.8. The van der Waals surface area contributed by atoms with E-state index in [4.69, 9.17) is 0 Å². The first-order valence-electron chi connectivity index (χ1n) is 5.00. The van der Waals surface area contributed by atoms with Gasteiger partial charge in [-0.2, -0.15) is 13.2 Å². The molecule has 0 saturated heterocycles. The van der Waals surface area contributed by atoms with Gasteiger partial charge in [-0.3, -0.25) is 0 Å². The summed E-state index contributed by atoms with van der Waals surface area (Å²) in [5.41, 5.74) is -0.868. The minimum atomic E-state index is -4.39. The maximum atomic E-state index is 12.4. The van der Waals surface area contributed by atoms with Gasteiger partial charge in [0, 0.05) is 17.4 Å². The van der Waals surface area contributed by atoms with Gasteiger partial charge in [-0.05, 0) is 24.8 Å². The molecule has 0 bridgehead atoms. The third-order valence-electron chi connectivity index (χ3n) is 2.51. The molecule has 1 aliphatic rings. The van der Waals surface area contributed by atoms with Gasteiger partial charge >= 0.3 is 6.18 Å². The highest BCUT2D eigenvalue weighted by atomic mass is 79.9. The molecule has 1 fully saturated rings. The summed E-state index contributed by atoms with van der Waals surface area (Å²) in [6.07, 6.45) is -0.505. The molecule has 1 atom stereocenters. The first kappa shape index (κ1) is 11.8. The van der Waals surface area contributed by atoms with Crippen molar-refractivity contribution in [3.8, 4) is 0 Å². The molecule has 1 heterocycles. The number of nitrogens with zero attached hydrogens (tertiary/aromatic N) is 2. The Morgan fingerprint density at radius 3 is 2.69 bits per heavy atom. The van der Waals surface area contributed by atoms with Crippen molar-refractivity contribution in [2.45, 2.75) is 30.3 Å². The lowest BCUT2D eigenvalue weighted by atomic mass is 10.2. The Balaban J connectivity index is 2.09. The van der Waals surface area contributed by atoms with E-state index in [-0.39, 0.29) is 10.7 Å². The van der Waals surface area contributed by atoms with Crippen LogP contribution in [0.15, 0.2) is 12.3 Å². The van der Waals surface area contributed by atoms with Crippen molar-refractivity contribution in [2.24, 2.45) is 5.92 Å². The van der Waals surface area contributed by atoms with Crippen LogP contribution in [0.4, 0.5) is 13.2 Å². The molecule has 16 heavy (non-hydrogen) atoms. The van der Waals surface area contributed by atoms with Crippen LogP contribution in [-0.4, -0.2) is 14.8 Å². The van der Waals surface area contributed by atoms with Crippen LogP contribution in [0.2, 0.25) is 0 Å². The fraction of sp³-hybridized carbons (Fsp3) is 0.600. The van der Waals surface area contributed by atoms with E-state index in [0.717, 1.165) is 25.1 Å². The summed E-state index contributed by atoms with van der Waals surface area (Å²) in [5.74, 6) is 0.821. The summed E-state index contributed by atoms with van der Waals surface area (Å²) in [6.45, 7) is 0. The number of alkyl halides is 4. The Hall–Kier alpha value is -0.650. The molecule has 1 saturated carbocycles. The molecule has 0 radical (unpaired) electrons. The van der Waals surface area contributed by atoms with Crippen LogP contribution < -0.4 is 0 Å². The zero-order valence-corrected chi connectivity index (χ0v) is 9.92.